The van der Waals surface area contributed by atoms with Gasteiger partial charge in [-0.25, -0.2) is 0 Å². The lowest BCUT2D eigenvalue weighted by Crippen LogP contribution is -2.35. The van der Waals surface area contributed by atoms with Crippen LogP contribution in [0.2, 0.25) is 0 Å². The first kappa shape index (κ1) is 15.4. The summed E-state index contributed by atoms with van der Waals surface area (Å²) in [6.45, 7) is 5.42. The number of methoxy groups -OCH3 is 1. The van der Waals surface area contributed by atoms with Crippen molar-refractivity contribution < 1.29 is 9.53 Å². The molecule has 0 saturated heterocycles. The molecule has 1 heterocycles. The fourth-order valence-corrected chi connectivity index (χ4v) is 1.46. The Hall–Kier alpha value is -1.69. The third kappa shape index (κ3) is 5.21. The summed E-state index contributed by atoms with van der Waals surface area (Å²) in [5.74, 6) is 0.428. The normalized spacial score (nSPS) is 11.2. The average Bonchev–Trinajstić information content (AvgIpc) is 2.43. The highest BCUT2D eigenvalue weighted by Gasteiger charge is 2.19. The molecule has 0 saturated carbocycles. The lowest BCUT2D eigenvalue weighted by molar-refractivity contribution is 0.0915. The van der Waals surface area contributed by atoms with Crippen molar-refractivity contribution in [3.8, 4) is 0 Å². The van der Waals surface area contributed by atoms with Crippen molar-refractivity contribution in [3.63, 3.8) is 0 Å². The van der Waals surface area contributed by atoms with Gasteiger partial charge in [-0.05, 0) is 24.0 Å². The van der Waals surface area contributed by atoms with Crippen LogP contribution in [0.25, 0.3) is 0 Å². The van der Waals surface area contributed by atoms with Crippen LogP contribution in [0.4, 0.5) is 5.82 Å². The number of carbonyl (C=O) groups is 1. The minimum Gasteiger partial charge on any atom is -0.385 e. The van der Waals surface area contributed by atoms with E-state index in [1.165, 1.54) is 0 Å². The monoisotopic (exact) mass is 266 g/mol. The fourth-order valence-electron chi connectivity index (χ4n) is 1.46. The molecule has 0 aliphatic rings. The molecule has 0 radical (unpaired) electrons. The summed E-state index contributed by atoms with van der Waals surface area (Å²) in [6.07, 6.45) is 0.883. The molecular weight excluding hydrogens is 244 g/mol. The van der Waals surface area contributed by atoms with Crippen LogP contribution in [0.1, 0.15) is 30.8 Å². The Bertz CT molecular complexity index is 404. The SMILES string of the molecule is CNc1ccc(C(=O)NCC(C)(C)CCOC)nn1. The van der Waals surface area contributed by atoms with Crippen molar-refractivity contribution in [2.75, 3.05) is 32.6 Å². The molecule has 0 aliphatic carbocycles. The number of carbonyl (C=O) groups excluding carboxylic acids is 1. The predicted molar refractivity (Wildman–Crippen MR) is 74.2 cm³/mol. The molecule has 0 spiro atoms. The first-order valence-electron chi connectivity index (χ1n) is 6.27. The Morgan fingerprint density at radius 3 is 2.63 bits per heavy atom. The number of hydrogen-bond acceptors (Lipinski definition) is 5. The van der Waals surface area contributed by atoms with Crippen molar-refractivity contribution in [3.05, 3.63) is 17.8 Å². The molecule has 1 aromatic heterocycles. The Labute approximate surface area is 113 Å². The van der Waals surface area contributed by atoms with Crippen LogP contribution in [0.15, 0.2) is 12.1 Å². The van der Waals surface area contributed by atoms with Gasteiger partial charge >= 0.3 is 0 Å². The molecule has 0 aromatic carbocycles. The van der Waals surface area contributed by atoms with Crippen molar-refractivity contribution in [1.29, 1.82) is 0 Å². The van der Waals surface area contributed by atoms with Crippen LogP contribution in [0, 0.1) is 5.41 Å². The highest BCUT2D eigenvalue weighted by Crippen LogP contribution is 2.18. The van der Waals surface area contributed by atoms with Crippen molar-refractivity contribution in [2.24, 2.45) is 5.41 Å². The molecule has 6 nitrogen and oxygen atoms in total. The molecule has 19 heavy (non-hydrogen) atoms. The second-order valence-corrected chi connectivity index (χ2v) is 5.14. The minimum absolute atomic E-state index is 0.00991. The van der Waals surface area contributed by atoms with Gasteiger partial charge in [-0.3, -0.25) is 4.79 Å². The van der Waals surface area contributed by atoms with Crippen LogP contribution in [0.3, 0.4) is 0 Å². The molecule has 106 valence electrons. The molecule has 1 amide bonds. The van der Waals surface area contributed by atoms with E-state index in [9.17, 15) is 4.79 Å². The fraction of sp³-hybridized carbons (Fsp3) is 0.615. The molecule has 1 rings (SSSR count). The predicted octanol–water partition coefficient (Wildman–Crippen LogP) is 1.31. The van der Waals surface area contributed by atoms with Gasteiger partial charge in [0.15, 0.2) is 5.69 Å². The molecule has 0 atom stereocenters. The highest BCUT2D eigenvalue weighted by molar-refractivity contribution is 5.92. The van der Waals surface area contributed by atoms with Crippen LogP contribution >= 0.6 is 0 Å². The maximum atomic E-state index is 11.9. The zero-order chi connectivity index (χ0) is 14.3. The molecule has 2 N–H and O–H groups in total. The number of nitrogens with one attached hydrogen (secondary N) is 2. The van der Waals surface area contributed by atoms with Crippen molar-refractivity contribution in [1.82, 2.24) is 15.5 Å². The third-order valence-electron chi connectivity index (χ3n) is 2.86. The molecule has 1 aromatic rings. The van der Waals surface area contributed by atoms with Crippen LogP contribution in [-0.2, 0) is 4.74 Å². The lowest BCUT2D eigenvalue weighted by atomic mass is 9.89. The van der Waals surface area contributed by atoms with Gasteiger partial charge in [-0.15, -0.1) is 10.2 Å². The summed E-state index contributed by atoms with van der Waals surface area (Å²) in [4.78, 5) is 11.9. The molecule has 0 aliphatic heterocycles. The van der Waals surface area contributed by atoms with Crippen molar-refractivity contribution >= 4 is 11.7 Å². The zero-order valence-electron chi connectivity index (χ0n) is 12.0. The zero-order valence-corrected chi connectivity index (χ0v) is 12.0. The van der Waals surface area contributed by atoms with Gasteiger partial charge in [0.1, 0.15) is 5.82 Å². The maximum Gasteiger partial charge on any atom is 0.271 e. The Balaban J connectivity index is 2.50. The number of amides is 1. The van der Waals surface area contributed by atoms with Gasteiger partial charge in [0.2, 0.25) is 0 Å². The molecule has 0 bridgehead atoms. The summed E-state index contributed by atoms with van der Waals surface area (Å²) in [7, 11) is 3.43. The van der Waals surface area contributed by atoms with Gasteiger partial charge < -0.3 is 15.4 Å². The third-order valence-corrected chi connectivity index (χ3v) is 2.86. The Kier molecular flexibility index (Phi) is 5.69. The standard InChI is InChI=1S/C13H22N4O2/c1-13(2,7-8-19-4)9-15-12(18)10-5-6-11(14-3)17-16-10/h5-6H,7-9H2,1-4H3,(H,14,17)(H,15,18). The van der Waals surface area contributed by atoms with Crippen LogP contribution in [0.5, 0.6) is 0 Å². The van der Waals surface area contributed by atoms with Crippen LogP contribution in [-0.4, -0.2) is 43.4 Å². The topological polar surface area (TPSA) is 76.1 Å². The Morgan fingerprint density at radius 1 is 1.37 bits per heavy atom. The highest BCUT2D eigenvalue weighted by atomic mass is 16.5. The largest absolute Gasteiger partial charge is 0.385 e. The maximum absolute atomic E-state index is 11.9. The second-order valence-electron chi connectivity index (χ2n) is 5.14. The number of anilines is 1. The first-order valence-corrected chi connectivity index (χ1v) is 6.27. The number of nitrogens with zero attached hydrogens (tertiary/aromatic N) is 2. The van der Waals surface area contributed by atoms with E-state index < -0.39 is 0 Å². The second kappa shape index (κ2) is 7.04. The summed E-state index contributed by atoms with van der Waals surface area (Å²) in [6, 6.07) is 3.37. The van der Waals surface area contributed by atoms with E-state index in [0.29, 0.717) is 24.7 Å². The van der Waals surface area contributed by atoms with Gasteiger partial charge in [-0.1, -0.05) is 13.8 Å². The smallest absolute Gasteiger partial charge is 0.271 e. The number of aromatic nitrogens is 2. The van der Waals surface area contributed by atoms with Crippen LogP contribution < -0.4 is 10.6 Å². The summed E-state index contributed by atoms with van der Waals surface area (Å²) in [5.41, 5.74) is 0.311. The summed E-state index contributed by atoms with van der Waals surface area (Å²) < 4.78 is 5.05. The van der Waals surface area contributed by atoms with Gasteiger partial charge in [-0.2, -0.15) is 0 Å². The van der Waals surface area contributed by atoms with Crippen molar-refractivity contribution in [2.45, 2.75) is 20.3 Å². The minimum atomic E-state index is -0.208. The Morgan fingerprint density at radius 2 is 2.11 bits per heavy atom. The van der Waals surface area contributed by atoms with E-state index in [0.717, 1.165) is 6.42 Å². The number of hydrogen-bond donors (Lipinski definition) is 2. The van der Waals surface area contributed by atoms with Gasteiger partial charge in [0, 0.05) is 27.3 Å². The van der Waals surface area contributed by atoms with E-state index >= 15 is 0 Å². The number of rotatable bonds is 7. The summed E-state index contributed by atoms with van der Waals surface area (Å²) in [5, 5.41) is 13.5. The number of ether oxygens (including phenoxy) is 1. The van der Waals surface area contributed by atoms with E-state index in [1.807, 2.05) is 0 Å². The molecular formula is C13H22N4O2. The van der Waals surface area contributed by atoms with E-state index in [1.54, 1.807) is 26.3 Å². The molecule has 0 fully saturated rings. The molecule has 0 unspecified atom stereocenters. The summed E-state index contributed by atoms with van der Waals surface area (Å²) >= 11 is 0. The molecule has 6 heteroatoms. The quantitative estimate of drug-likeness (QED) is 0.778. The average molecular weight is 266 g/mol. The lowest BCUT2D eigenvalue weighted by Gasteiger charge is -2.24. The van der Waals surface area contributed by atoms with E-state index in [2.05, 4.69) is 34.7 Å². The first-order chi connectivity index (χ1) is 8.98. The van der Waals surface area contributed by atoms with Gasteiger partial charge in [0.25, 0.3) is 5.91 Å². The van der Waals surface area contributed by atoms with E-state index in [-0.39, 0.29) is 11.3 Å². The van der Waals surface area contributed by atoms with E-state index in [4.69, 9.17) is 4.74 Å². The van der Waals surface area contributed by atoms with Gasteiger partial charge in [0.05, 0.1) is 0 Å².